The van der Waals surface area contributed by atoms with Crippen molar-refractivity contribution in [2.75, 3.05) is 18.6 Å². The van der Waals surface area contributed by atoms with Crippen LogP contribution in [0.1, 0.15) is 16.6 Å². The van der Waals surface area contributed by atoms with E-state index in [1.54, 1.807) is 6.92 Å². The lowest BCUT2D eigenvalue weighted by Crippen LogP contribution is -2.05. The van der Waals surface area contributed by atoms with E-state index in [1.165, 1.54) is 6.26 Å². The normalized spacial score (nSPS) is 12.4. The highest BCUT2D eigenvalue weighted by molar-refractivity contribution is 7.86. The second-order valence-electron chi connectivity index (χ2n) is 2.37. The highest BCUT2D eigenvalue weighted by atomic mass is 32.2. The van der Waals surface area contributed by atoms with Crippen molar-refractivity contribution in [3.8, 4) is 0 Å². The van der Waals surface area contributed by atoms with Crippen molar-refractivity contribution in [1.29, 1.82) is 0 Å². The molecule has 0 aliphatic heterocycles. The SMILES string of the molecule is CCOC(=O)c1sc(S(C)=O)nc1N. The van der Waals surface area contributed by atoms with Gasteiger partial charge in [0.15, 0.2) is 15.0 Å². The van der Waals surface area contributed by atoms with Crippen molar-refractivity contribution in [2.24, 2.45) is 0 Å². The van der Waals surface area contributed by atoms with Gasteiger partial charge in [-0.05, 0) is 6.92 Å². The average molecular weight is 234 g/mol. The predicted octanol–water partition coefficient (Wildman–Crippen LogP) is 0.639. The van der Waals surface area contributed by atoms with Crippen LogP contribution in [-0.4, -0.2) is 28.0 Å². The van der Waals surface area contributed by atoms with Crippen molar-refractivity contribution in [1.82, 2.24) is 4.98 Å². The molecule has 0 aliphatic carbocycles. The zero-order valence-corrected chi connectivity index (χ0v) is 9.41. The molecule has 0 amide bonds. The lowest BCUT2D eigenvalue weighted by Gasteiger charge is -1.97. The Hall–Kier alpha value is -0.950. The van der Waals surface area contributed by atoms with Crippen LogP contribution in [0.25, 0.3) is 0 Å². The van der Waals surface area contributed by atoms with Gasteiger partial charge in [-0.25, -0.2) is 9.78 Å². The summed E-state index contributed by atoms with van der Waals surface area (Å²) in [5.41, 5.74) is 5.47. The Kier molecular flexibility index (Phi) is 3.59. The number of thiazole rings is 1. The number of carbonyl (C=O) groups is 1. The van der Waals surface area contributed by atoms with E-state index in [-0.39, 0.29) is 17.3 Å². The zero-order chi connectivity index (χ0) is 10.7. The van der Waals surface area contributed by atoms with Gasteiger partial charge in [0.1, 0.15) is 0 Å². The molecule has 0 fully saturated rings. The highest BCUT2D eigenvalue weighted by Crippen LogP contribution is 2.23. The fourth-order valence-electron chi connectivity index (χ4n) is 0.777. The molecule has 0 saturated heterocycles. The molecule has 1 unspecified atom stereocenters. The summed E-state index contributed by atoms with van der Waals surface area (Å²) in [5, 5.41) is 0. The van der Waals surface area contributed by atoms with E-state index in [0.717, 1.165) is 11.3 Å². The molecule has 5 nitrogen and oxygen atoms in total. The van der Waals surface area contributed by atoms with Gasteiger partial charge in [0.25, 0.3) is 0 Å². The van der Waals surface area contributed by atoms with Crippen molar-refractivity contribution in [3.63, 3.8) is 0 Å². The molecule has 0 radical (unpaired) electrons. The summed E-state index contributed by atoms with van der Waals surface area (Å²) < 4.78 is 16.1. The Bertz CT molecular complexity index is 375. The predicted molar refractivity (Wildman–Crippen MR) is 54.8 cm³/mol. The van der Waals surface area contributed by atoms with Crippen LogP contribution < -0.4 is 5.73 Å². The highest BCUT2D eigenvalue weighted by Gasteiger charge is 2.18. The van der Waals surface area contributed by atoms with E-state index in [4.69, 9.17) is 10.5 Å². The molecule has 1 rings (SSSR count). The average Bonchev–Trinajstić information content (AvgIpc) is 2.48. The Balaban J connectivity index is 2.98. The minimum atomic E-state index is -1.22. The van der Waals surface area contributed by atoms with Crippen LogP contribution in [0.2, 0.25) is 0 Å². The number of hydrogen-bond donors (Lipinski definition) is 1. The number of nitrogens with two attached hydrogens (primary N) is 1. The minimum absolute atomic E-state index is 0.0821. The number of aromatic nitrogens is 1. The fourth-order valence-corrected chi connectivity index (χ4v) is 2.33. The molecule has 14 heavy (non-hydrogen) atoms. The summed E-state index contributed by atoms with van der Waals surface area (Å²) >= 11 is 1.00. The number of ether oxygens (including phenoxy) is 1. The third kappa shape index (κ3) is 2.30. The van der Waals surface area contributed by atoms with Gasteiger partial charge in [-0.3, -0.25) is 4.21 Å². The Morgan fingerprint density at radius 2 is 2.36 bits per heavy atom. The molecule has 0 spiro atoms. The first-order valence-corrected chi connectivity index (χ1v) is 6.20. The summed E-state index contributed by atoms with van der Waals surface area (Å²) in [6, 6.07) is 0. The lowest BCUT2D eigenvalue weighted by molar-refractivity contribution is 0.0533. The van der Waals surface area contributed by atoms with Crippen LogP contribution in [0.5, 0.6) is 0 Å². The van der Waals surface area contributed by atoms with Crippen LogP contribution in [0, 0.1) is 0 Å². The summed E-state index contributed by atoms with van der Waals surface area (Å²) in [6.45, 7) is 1.98. The number of nitrogen functional groups attached to an aromatic ring is 1. The maximum Gasteiger partial charge on any atom is 0.352 e. The number of hydrogen-bond acceptors (Lipinski definition) is 6. The van der Waals surface area contributed by atoms with Crippen molar-refractivity contribution in [2.45, 2.75) is 11.3 Å². The second kappa shape index (κ2) is 4.52. The van der Waals surface area contributed by atoms with E-state index >= 15 is 0 Å². The Labute approximate surface area is 87.7 Å². The van der Waals surface area contributed by atoms with Gasteiger partial charge < -0.3 is 10.5 Å². The quantitative estimate of drug-likeness (QED) is 0.776. The lowest BCUT2D eigenvalue weighted by atomic mass is 10.5. The Morgan fingerprint density at radius 3 is 2.79 bits per heavy atom. The molecule has 0 saturated carbocycles. The standard InChI is InChI=1S/C7H10N2O3S2/c1-3-12-6(10)4-5(8)9-7(13-4)14(2)11/h3,8H2,1-2H3. The van der Waals surface area contributed by atoms with E-state index in [2.05, 4.69) is 4.98 Å². The molecule has 78 valence electrons. The number of nitrogens with zero attached hydrogens (tertiary/aromatic N) is 1. The summed E-state index contributed by atoms with van der Waals surface area (Å²) in [6.07, 6.45) is 1.48. The first-order valence-electron chi connectivity index (χ1n) is 3.83. The third-order valence-electron chi connectivity index (χ3n) is 1.34. The van der Waals surface area contributed by atoms with Crippen LogP contribution in [-0.2, 0) is 15.5 Å². The van der Waals surface area contributed by atoms with E-state index < -0.39 is 16.8 Å². The fraction of sp³-hybridized carbons (Fsp3) is 0.429. The van der Waals surface area contributed by atoms with Crippen molar-refractivity contribution < 1.29 is 13.7 Å². The smallest absolute Gasteiger partial charge is 0.352 e. The molecular formula is C7H10N2O3S2. The minimum Gasteiger partial charge on any atom is -0.462 e. The molecule has 0 aliphatic rings. The summed E-state index contributed by atoms with van der Waals surface area (Å²) in [4.78, 5) is 15.3. The molecule has 0 bridgehead atoms. The summed E-state index contributed by atoms with van der Waals surface area (Å²) in [5.74, 6) is -0.433. The largest absolute Gasteiger partial charge is 0.462 e. The van der Waals surface area contributed by atoms with Gasteiger partial charge in [0, 0.05) is 6.26 Å². The molecule has 7 heteroatoms. The molecule has 1 aromatic rings. The van der Waals surface area contributed by atoms with E-state index in [1.807, 2.05) is 0 Å². The second-order valence-corrected chi connectivity index (χ2v) is 4.92. The molecule has 2 N–H and O–H groups in total. The van der Waals surface area contributed by atoms with Gasteiger partial charge in [0.05, 0.1) is 17.4 Å². The van der Waals surface area contributed by atoms with Gasteiger partial charge in [-0.15, -0.1) is 0 Å². The number of esters is 1. The van der Waals surface area contributed by atoms with Crippen LogP contribution in [0.3, 0.4) is 0 Å². The summed E-state index contributed by atoms with van der Waals surface area (Å²) in [7, 11) is -1.22. The topological polar surface area (TPSA) is 82.3 Å². The first kappa shape index (κ1) is 11.1. The van der Waals surface area contributed by atoms with Crippen LogP contribution in [0.15, 0.2) is 4.34 Å². The van der Waals surface area contributed by atoms with Crippen LogP contribution in [0.4, 0.5) is 5.82 Å². The van der Waals surface area contributed by atoms with E-state index in [9.17, 15) is 9.00 Å². The zero-order valence-electron chi connectivity index (χ0n) is 7.77. The van der Waals surface area contributed by atoms with Crippen molar-refractivity contribution >= 4 is 33.9 Å². The third-order valence-corrected chi connectivity index (χ3v) is 3.72. The first-order chi connectivity index (χ1) is 6.56. The van der Waals surface area contributed by atoms with Gasteiger partial charge in [-0.2, -0.15) is 0 Å². The Morgan fingerprint density at radius 1 is 1.71 bits per heavy atom. The number of anilines is 1. The van der Waals surface area contributed by atoms with Gasteiger partial charge in [-0.1, -0.05) is 11.3 Å². The van der Waals surface area contributed by atoms with E-state index in [0.29, 0.717) is 4.34 Å². The molecule has 1 heterocycles. The molecule has 1 aromatic heterocycles. The monoisotopic (exact) mass is 234 g/mol. The maximum atomic E-state index is 11.3. The molecule has 1 atom stereocenters. The number of carbonyl (C=O) groups excluding carboxylic acids is 1. The maximum absolute atomic E-state index is 11.3. The molecular weight excluding hydrogens is 224 g/mol. The molecule has 0 aromatic carbocycles. The number of rotatable bonds is 3. The van der Waals surface area contributed by atoms with Crippen molar-refractivity contribution in [3.05, 3.63) is 4.88 Å². The van der Waals surface area contributed by atoms with Gasteiger partial charge >= 0.3 is 5.97 Å². The van der Waals surface area contributed by atoms with Crippen LogP contribution >= 0.6 is 11.3 Å². The van der Waals surface area contributed by atoms with Gasteiger partial charge in [0.2, 0.25) is 0 Å².